The van der Waals surface area contributed by atoms with Gasteiger partial charge in [-0.15, -0.1) is 0 Å². The van der Waals surface area contributed by atoms with Crippen LogP contribution in [0.2, 0.25) is 5.02 Å². The number of benzene rings is 1. The molecule has 0 bridgehead atoms. The summed E-state index contributed by atoms with van der Waals surface area (Å²) in [5.41, 5.74) is 0.477. The van der Waals surface area contributed by atoms with Gasteiger partial charge in [0.1, 0.15) is 5.82 Å². The zero-order chi connectivity index (χ0) is 11.4. The molecule has 0 amide bonds. The van der Waals surface area contributed by atoms with Crippen LogP contribution >= 0.6 is 11.6 Å². The van der Waals surface area contributed by atoms with Gasteiger partial charge in [0.15, 0.2) is 0 Å². The van der Waals surface area contributed by atoms with E-state index in [0.717, 1.165) is 0 Å². The van der Waals surface area contributed by atoms with E-state index in [1.54, 1.807) is 19.1 Å². The number of hydrogen-bond acceptors (Lipinski definition) is 2. The van der Waals surface area contributed by atoms with Gasteiger partial charge in [0.25, 0.3) is 0 Å². The standard InChI is InChI=1S/C11H12ClFO2/c1-7(5-11(14)15-2)9-4-3-8(12)6-10(9)13/h3-4,6-7H,5H2,1-2H3. The summed E-state index contributed by atoms with van der Waals surface area (Å²) >= 11 is 5.62. The summed E-state index contributed by atoms with van der Waals surface area (Å²) in [6, 6.07) is 4.43. The lowest BCUT2D eigenvalue weighted by molar-refractivity contribution is -0.140. The number of ether oxygens (including phenoxy) is 1. The Hall–Kier alpha value is -1.09. The molecule has 1 atom stereocenters. The smallest absolute Gasteiger partial charge is 0.306 e. The first kappa shape index (κ1) is 12.0. The van der Waals surface area contributed by atoms with Crippen molar-refractivity contribution in [3.8, 4) is 0 Å². The molecule has 0 aliphatic carbocycles. The average molecular weight is 231 g/mol. The molecule has 0 saturated heterocycles. The number of hydrogen-bond donors (Lipinski definition) is 0. The van der Waals surface area contributed by atoms with Crippen molar-refractivity contribution >= 4 is 17.6 Å². The van der Waals surface area contributed by atoms with E-state index in [-0.39, 0.29) is 24.1 Å². The first-order valence-corrected chi connectivity index (χ1v) is 4.94. The van der Waals surface area contributed by atoms with Gasteiger partial charge in [-0.25, -0.2) is 4.39 Å². The van der Waals surface area contributed by atoms with Gasteiger partial charge < -0.3 is 4.74 Å². The third-order valence-electron chi connectivity index (χ3n) is 2.19. The van der Waals surface area contributed by atoms with E-state index in [9.17, 15) is 9.18 Å². The highest BCUT2D eigenvalue weighted by Gasteiger charge is 2.15. The summed E-state index contributed by atoms with van der Waals surface area (Å²) in [6.07, 6.45) is 0.162. The maximum Gasteiger partial charge on any atom is 0.306 e. The van der Waals surface area contributed by atoms with Gasteiger partial charge in [-0.1, -0.05) is 24.6 Å². The minimum absolute atomic E-state index is 0.162. The maximum absolute atomic E-state index is 13.4. The fourth-order valence-electron chi connectivity index (χ4n) is 1.34. The maximum atomic E-state index is 13.4. The molecule has 2 nitrogen and oxygen atoms in total. The predicted molar refractivity (Wildman–Crippen MR) is 56.5 cm³/mol. The molecule has 0 aliphatic rings. The van der Waals surface area contributed by atoms with E-state index in [1.807, 2.05) is 0 Å². The van der Waals surface area contributed by atoms with E-state index < -0.39 is 0 Å². The van der Waals surface area contributed by atoms with E-state index in [4.69, 9.17) is 11.6 Å². The van der Waals surface area contributed by atoms with Crippen molar-refractivity contribution in [1.82, 2.24) is 0 Å². The highest BCUT2D eigenvalue weighted by molar-refractivity contribution is 6.30. The van der Waals surface area contributed by atoms with Gasteiger partial charge in [-0.05, 0) is 23.6 Å². The Morgan fingerprint density at radius 2 is 2.27 bits per heavy atom. The summed E-state index contributed by atoms with van der Waals surface area (Å²) in [5.74, 6) is -0.953. The molecule has 15 heavy (non-hydrogen) atoms. The summed E-state index contributed by atoms with van der Waals surface area (Å²) in [5, 5.41) is 0.349. The quantitative estimate of drug-likeness (QED) is 0.746. The SMILES string of the molecule is COC(=O)CC(C)c1ccc(Cl)cc1F. The van der Waals surface area contributed by atoms with E-state index in [2.05, 4.69) is 4.74 Å². The van der Waals surface area contributed by atoms with Gasteiger partial charge in [0.2, 0.25) is 0 Å². The molecule has 0 aromatic heterocycles. The lowest BCUT2D eigenvalue weighted by Crippen LogP contribution is -2.07. The Bertz CT molecular complexity index is 366. The topological polar surface area (TPSA) is 26.3 Å². The Balaban J connectivity index is 2.82. The Morgan fingerprint density at radius 1 is 1.60 bits per heavy atom. The first-order valence-electron chi connectivity index (χ1n) is 4.56. The molecule has 1 aromatic carbocycles. The number of methoxy groups -OCH3 is 1. The molecule has 0 spiro atoms. The van der Waals surface area contributed by atoms with Crippen LogP contribution in [0.4, 0.5) is 4.39 Å². The number of halogens is 2. The minimum atomic E-state index is -0.390. The van der Waals surface area contributed by atoms with E-state index in [0.29, 0.717) is 10.6 Å². The highest BCUT2D eigenvalue weighted by atomic mass is 35.5. The fourth-order valence-corrected chi connectivity index (χ4v) is 1.50. The third-order valence-corrected chi connectivity index (χ3v) is 2.43. The van der Waals surface area contributed by atoms with Crippen LogP contribution in [0.5, 0.6) is 0 Å². The number of rotatable bonds is 3. The van der Waals surface area contributed by atoms with Gasteiger partial charge >= 0.3 is 5.97 Å². The minimum Gasteiger partial charge on any atom is -0.469 e. The summed E-state index contributed by atoms with van der Waals surface area (Å²) < 4.78 is 17.9. The second-order valence-corrected chi connectivity index (χ2v) is 3.78. The third kappa shape index (κ3) is 3.20. The fraction of sp³-hybridized carbons (Fsp3) is 0.364. The zero-order valence-electron chi connectivity index (χ0n) is 8.59. The van der Waals surface area contributed by atoms with E-state index >= 15 is 0 Å². The number of carbonyl (C=O) groups is 1. The molecule has 0 fully saturated rings. The largest absolute Gasteiger partial charge is 0.469 e. The molecule has 0 heterocycles. The number of esters is 1. The first-order chi connectivity index (χ1) is 7.04. The van der Waals surface area contributed by atoms with Crippen LogP contribution in [0.15, 0.2) is 18.2 Å². The molecule has 4 heteroatoms. The van der Waals surface area contributed by atoms with Gasteiger partial charge in [0, 0.05) is 5.02 Å². The van der Waals surface area contributed by atoms with Crippen molar-refractivity contribution in [1.29, 1.82) is 0 Å². The van der Waals surface area contributed by atoms with Gasteiger partial charge in [-0.3, -0.25) is 4.79 Å². The lowest BCUT2D eigenvalue weighted by atomic mass is 9.97. The summed E-state index contributed by atoms with van der Waals surface area (Å²) in [7, 11) is 1.31. The van der Waals surface area contributed by atoms with Crippen LogP contribution in [0.25, 0.3) is 0 Å². The molecule has 0 saturated carbocycles. The molecule has 1 rings (SSSR count). The van der Waals surface area contributed by atoms with Crippen LogP contribution < -0.4 is 0 Å². The van der Waals surface area contributed by atoms with Crippen LogP contribution in [0.3, 0.4) is 0 Å². The molecule has 0 N–H and O–H groups in total. The molecule has 0 aliphatic heterocycles. The zero-order valence-corrected chi connectivity index (χ0v) is 9.34. The van der Waals surface area contributed by atoms with Crippen LogP contribution in [-0.2, 0) is 9.53 Å². The lowest BCUT2D eigenvalue weighted by Gasteiger charge is -2.11. The molecule has 1 unspecified atom stereocenters. The molecular weight excluding hydrogens is 219 g/mol. The van der Waals surface area contributed by atoms with Crippen molar-refractivity contribution in [2.75, 3.05) is 7.11 Å². The Kier molecular flexibility index (Phi) is 4.09. The monoisotopic (exact) mass is 230 g/mol. The normalized spacial score (nSPS) is 12.3. The second kappa shape index (κ2) is 5.12. The predicted octanol–water partition coefficient (Wildman–Crippen LogP) is 3.15. The van der Waals surface area contributed by atoms with Crippen LogP contribution in [0, 0.1) is 5.82 Å². The number of carbonyl (C=O) groups excluding carboxylic acids is 1. The summed E-state index contributed by atoms with van der Waals surface area (Å²) in [6.45, 7) is 1.77. The Morgan fingerprint density at radius 3 is 2.80 bits per heavy atom. The van der Waals surface area contributed by atoms with Crippen LogP contribution in [-0.4, -0.2) is 13.1 Å². The van der Waals surface area contributed by atoms with E-state index in [1.165, 1.54) is 13.2 Å². The average Bonchev–Trinajstić information content (AvgIpc) is 2.17. The molecule has 0 radical (unpaired) electrons. The molecule has 82 valence electrons. The van der Waals surface area contributed by atoms with Crippen molar-refractivity contribution < 1.29 is 13.9 Å². The van der Waals surface area contributed by atoms with Crippen LogP contribution in [0.1, 0.15) is 24.8 Å². The van der Waals surface area contributed by atoms with Gasteiger partial charge in [0.05, 0.1) is 13.5 Å². The van der Waals surface area contributed by atoms with Gasteiger partial charge in [-0.2, -0.15) is 0 Å². The van der Waals surface area contributed by atoms with Crippen molar-refractivity contribution in [2.45, 2.75) is 19.3 Å². The van der Waals surface area contributed by atoms with Crippen molar-refractivity contribution in [2.24, 2.45) is 0 Å². The molecule has 1 aromatic rings. The second-order valence-electron chi connectivity index (χ2n) is 3.35. The Labute approximate surface area is 93.0 Å². The summed E-state index contributed by atoms with van der Waals surface area (Å²) in [4.78, 5) is 11.0. The molecular formula is C11H12ClFO2. The van der Waals surface area contributed by atoms with Crippen molar-refractivity contribution in [3.05, 3.63) is 34.6 Å². The highest BCUT2D eigenvalue weighted by Crippen LogP contribution is 2.24. The van der Waals surface area contributed by atoms with Crippen molar-refractivity contribution in [3.63, 3.8) is 0 Å².